The van der Waals surface area contributed by atoms with Gasteiger partial charge >= 0.3 is 0 Å². The molecule has 0 saturated heterocycles. The minimum Gasteiger partial charge on any atom is -0.480 e. The molecule has 1 atom stereocenters. The van der Waals surface area contributed by atoms with Gasteiger partial charge in [-0.3, -0.25) is 9.97 Å². The van der Waals surface area contributed by atoms with E-state index < -0.39 is 0 Å². The molecule has 0 saturated carbocycles. The molecule has 2 heterocycles. The van der Waals surface area contributed by atoms with Crippen LogP contribution in [0.4, 0.5) is 0 Å². The van der Waals surface area contributed by atoms with Crippen molar-refractivity contribution in [2.75, 3.05) is 13.7 Å². The molecule has 0 spiro atoms. The maximum atomic E-state index is 5.33. The Hall–Kier alpha value is -2.01. The molecule has 0 aliphatic carbocycles. The van der Waals surface area contributed by atoms with Crippen LogP contribution in [0.2, 0.25) is 0 Å². The lowest BCUT2D eigenvalue weighted by Crippen LogP contribution is -2.25. The molecular formula is C15H20N4O. The number of ether oxygens (including phenoxy) is 1. The van der Waals surface area contributed by atoms with E-state index in [0.29, 0.717) is 5.88 Å². The predicted molar refractivity (Wildman–Crippen MR) is 77.7 cm³/mol. The van der Waals surface area contributed by atoms with Gasteiger partial charge < -0.3 is 10.1 Å². The summed E-state index contributed by atoms with van der Waals surface area (Å²) in [6, 6.07) is 3.93. The number of hydrogen-bond donors (Lipinski definition) is 1. The third-order valence-electron chi connectivity index (χ3n) is 3.12. The van der Waals surface area contributed by atoms with Crippen LogP contribution in [-0.4, -0.2) is 28.6 Å². The molecule has 0 aliphatic heterocycles. The second kappa shape index (κ2) is 6.96. The van der Waals surface area contributed by atoms with Gasteiger partial charge in [-0.15, -0.1) is 0 Å². The fourth-order valence-electron chi connectivity index (χ4n) is 2.14. The molecule has 0 aliphatic rings. The van der Waals surface area contributed by atoms with Crippen molar-refractivity contribution in [1.82, 2.24) is 20.3 Å². The molecule has 5 nitrogen and oxygen atoms in total. The number of nitrogens with one attached hydrogen (secondary N) is 1. The Kier molecular flexibility index (Phi) is 5.01. The average Bonchev–Trinajstić information content (AvgIpc) is 2.49. The fraction of sp³-hybridized carbons (Fsp3) is 0.400. The van der Waals surface area contributed by atoms with Gasteiger partial charge in [0.1, 0.15) is 5.69 Å². The third kappa shape index (κ3) is 3.11. The summed E-state index contributed by atoms with van der Waals surface area (Å²) in [6.07, 6.45) is 6.15. The van der Waals surface area contributed by atoms with E-state index in [0.717, 1.165) is 29.9 Å². The van der Waals surface area contributed by atoms with E-state index >= 15 is 0 Å². The van der Waals surface area contributed by atoms with Crippen molar-refractivity contribution >= 4 is 0 Å². The zero-order valence-corrected chi connectivity index (χ0v) is 12.1. The first-order valence-corrected chi connectivity index (χ1v) is 6.77. The highest BCUT2D eigenvalue weighted by Gasteiger charge is 2.21. The Morgan fingerprint density at radius 1 is 1.20 bits per heavy atom. The summed E-state index contributed by atoms with van der Waals surface area (Å²) in [5.74, 6) is 0.546. The highest BCUT2D eigenvalue weighted by atomic mass is 16.5. The first-order valence-electron chi connectivity index (χ1n) is 6.77. The first-order chi connectivity index (χ1) is 9.77. The lowest BCUT2D eigenvalue weighted by Gasteiger charge is -2.21. The molecule has 0 amide bonds. The van der Waals surface area contributed by atoms with Gasteiger partial charge in [0.25, 0.3) is 0 Å². The monoisotopic (exact) mass is 272 g/mol. The lowest BCUT2D eigenvalue weighted by molar-refractivity contribution is 0.382. The summed E-state index contributed by atoms with van der Waals surface area (Å²) < 4.78 is 5.33. The topological polar surface area (TPSA) is 59.9 Å². The Morgan fingerprint density at radius 3 is 2.70 bits per heavy atom. The number of methoxy groups -OCH3 is 1. The van der Waals surface area contributed by atoms with E-state index in [1.165, 1.54) is 0 Å². The molecule has 20 heavy (non-hydrogen) atoms. The highest BCUT2D eigenvalue weighted by molar-refractivity contribution is 5.34. The van der Waals surface area contributed by atoms with Gasteiger partial charge in [-0.05, 0) is 31.5 Å². The van der Waals surface area contributed by atoms with Crippen molar-refractivity contribution in [2.45, 2.75) is 26.3 Å². The third-order valence-corrected chi connectivity index (χ3v) is 3.12. The zero-order valence-electron chi connectivity index (χ0n) is 12.1. The highest BCUT2D eigenvalue weighted by Crippen LogP contribution is 2.27. The van der Waals surface area contributed by atoms with Crippen LogP contribution in [0.3, 0.4) is 0 Å². The average molecular weight is 272 g/mol. The van der Waals surface area contributed by atoms with E-state index in [1.807, 2.05) is 13.0 Å². The molecule has 0 fully saturated rings. The summed E-state index contributed by atoms with van der Waals surface area (Å²) in [7, 11) is 1.61. The van der Waals surface area contributed by atoms with Crippen molar-refractivity contribution in [3.8, 4) is 5.88 Å². The maximum Gasteiger partial charge on any atom is 0.237 e. The molecule has 0 bridgehead atoms. The van der Waals surface area contributed by atoms with E-state index in [1.54, 1.807) is 25.7 Å². The molecule has 2 aromatic heterocycles. The number of aromatic nitrogens is 3. The van der Waals surface area contributed by atoms with Gasteiger partial charge in [-0.1, -0.05) is 13.0 Å². The maximum absolute atomic E-state index is 5.33. The van der Waals surface area contributed by atoms with Gasteiger partial charge in [-0.25, -0.2) is 4.98 Å². The quantitative estimate of drug-likeness (QED) is 0.874. The van der Waals surface area contributed by atoms with Gasteiger partial charge in [0.15, 0.2) is 0 Å². The Labute approximate surface area is 119 Å². The van der Waals surface area contributed by atoms with Crippen molar-refractivity contribution in [1.29, 1.82) is 0 Å². The first kappa shape index (κ1) is 14.4. The van der Waals surface area contributed by atoms with Crippen LogP contribution in [0.1, 0.15) is 36.3 Å². The van der Waals surface area contributed by atoms with Gasteiger partial charge in [-0.2, -0.15) is 0 Å². The molecule has 5 heteroatoms. The molecule has 2 rings (SSSR count). The minimum absolute atomic E-state index is 0.0627. The molecule has 0 radical (unpaired) electrons. The number of pyridine rings is 1. The van der Waals surface area contributed by atoms with E-state index in [-0.39, 0.29) is 6.04 Å². The molecule has 106 valence electrons. The second-order valence-electron chi connectivity index (χ2n) is 4.52. The SMILES string of the molecule is CCCNC(c1cccnc1C)c1nccnc1OC. The summed E-state index contributed by atoms with van der Waals surface area (Å²) in [5, 5.41) is 3.50. The van der Waals surface area contributed by atoms with E-state index in [4.69, 9.17) is 4.74 Å². The molecule has 1 unspecified atom stereocenters. The van der Waals surface area contributed by atoms with Crippen LogP contribution in [0.5, 0.6) is 5.88 Å². The largest absolute Gasteiger partial charge is 0.480 e. The van der Waals surface area contributed by atoms with Crippen LogP contribution < -0.4 is 10.1 Å². The predicted octanol–water partition coefficient (Wildman–Crippen LogP) is 2.28. The number of rotatable bonds is 6. The standard InChI is InChI=1S/C15H20N4O/c1-4-7-17-13(12-6-5-8-16-11(12)2)14-15(20-3)19-10-9-18-14/h5-6,8-10,13,17H,4,7H2,1-3H3. The van der Waals surface area contributed by atoms with Crippen LogP contribution in [0.25, 0.3) is 0 Å². The Bertz CT molecular complexity index is 559. The number of nitrogens with zero attached hydrogens (tertiary/aromatic N) is 3. The van der Waals surface area contributed by atoms with E-state index in [9.17, 15) is 0 Å². The summed E-state index contributed by atoms with van der Waals surface area (Å²) in [6.45, 7) is 5.02. The van der Waals surface area contributed by atoms with Crippen molar-refractivity contribution in [2.24, 2.45) is 0 Å². The zero-order chi connectivity index (χ0) is 14.4. The summed E-state index contributed by atoms with van der Waals surface area (Å²) in [5.41, 5.74) is 2.87. The number of hydrogen-bond acceptors (Lipinski definition) is 5. The molecular weight excluding hydrogens is 252 g/mol. The minimum atomic E-state index is -0.0627. The summed E-state index contributed by atoms with van der Waals surface area (Å²) in [4.78, 5) is 13.0. The molecule has 2 aromatic rings. The number of aryl methyl sites for hydroxylation is 1. The van der Waals surface area contributed by atoms with Crippen LogP contribution in [0, 0.1) is 6.92 Å². The Morgan fingerprint density at radius 2 is 2.00 bits per heavy atom. The smallest absolute Gasteiger partial charge is 0.237 e. The Balaban J connectivity index is 2.44. The lowest BCUT2D eigenvalue weighted by atomic mass is 10.0. The van der Waals surface area contributed by atoms with E-state index in [2.05, 4.69) is 33.3 Å². The van der Waals surface area contributed by atoms with Gasteiger partial charge in [0.2, 0.25) is 5.88 Å². The van der Waals surface area contributed by atoms with Gasteiger partial charge in [0, 0.05) is 24.3 Å². The summed E-state index contributed by atoms with van der Waals surface area (Å²) >= 11 is 0. The van der Waals surface area contributed by atoms with Crippen molar-refractivity contribution in [3.05, 3.63) is 47.7 Å². The van der Waals surface area contributed by atoms with Crippen LogP contribution in [0.15, 0.2) is 30.7 Å². The fourth-order valence-corrected chi connectivity index (χ4v) is 2.14. The molecule has 0 aromatic carbocycles. The second-order valence-corrected chi connectivity index (χ2v) is 4.52. The van der Waals surface area contributed by atoms with Crippen molar-refractivity contribution in [3.63, 3.8) is 0 Å². The van der Waals surface area contributed by atoms with Crippen molar-refractivity contribution < 1.29 is 4.74 Å². The normalized spacial score (nSPS) is 12.2. The van der Waals surface area contributed by atoms with Crippen LogP contribution in [-0.2, 0) is 0 Å². The van der Waals surface area contributed by atoms with Gasteiger partial charge in [0.05, 0.1) is 13.2 Å². The van der Waals surface area contributed by atoms with Crippen LogP contribution >= 0.6 is 0 Å². The molecule has 1 N–H and O–H groups in total.